The molecule has 1 aromatic rings. The van der Waals surface area contributed by atoms with Crippen LogP contribution in [0.3, 0.4) is 0 Å². The number of isothiocyanates is 1. The predicted molar refractivity (Wildman–Crippen MR) is 64.9 cm³/mol. The molecule has 86 valence electrons. The van der Waals surface area contributed by atoms with Crippen molar-refractivity contribution < 1.29 is 14.2 Å². The molecule has 1 rings (SSSR count). The van der Waals surface area contributed by atoms with Crippen LogP contribution in [0.5, 0.6) is 17.2 Å². The third kappa shape index (κ3) is 3.88. The fraction of sp³-hybridized carbons (Fsp3) is 0.364. The monoisotopic (exact) mass is 239 g/mol. The highest BCUT2D eigenvalue weighted by molar-refractivity contribution is 7.78. The van der Waals surface area contributed by atoms with E-state index in [1.54, 1.807) is 32.4 Å². The summed E-state index contributed by atoms with van der Waals surface area (Å²) in [6.45, 7) is 0.934. The average Bonchev–Trinajstić information content (AvgIpc) is 2.34. The third-order valence-electron chi connectivity index (χ3n) is 1.86. The van der Waals surface area contributed by atoms with Gasteiger partial charge in [0.05, 0.1) is 25.9 Å². The summed E-state index contributed by atoms with van der Waals surface area (Å²) in [7, 11) is 3.18. The number of aliphatic imine (C=N–C) groups is 1. The maximum absolute atomic E-state index is 5.45. The molecule has 0 spiro atoms. The molecule has 0 unspecified atom stereocenters. The van der Waals surface area contributed by atoms with Gasteiger partial charge in [0.25, 0.3) is 0 Å². The maximum Gasteiger partial charge on any atom is 0.126 e. The normalized spacial score (nSPS) is 9.12. The lowest BCUT2D eigenvalue weighted by atomic mass is 10.3. The summed E-state index contributed by atoms with van der Waals surface area (Å²) in [6, 6.07) is 5.34. The molecule has 0 heterocycles. The van der Waals surface area contributed by atoms with Gasteiger partial charge in [-0.05, 0) is 12.2 Å². The molecule has 5 heteroatoms. The molecule has 1 aromatic carbocycles. The van der Waals surface area contributed by atoms with Crippen molar-refractivity contribution in [2.24, 2.45) is 4.99 Å². The third-order valence-corrected chi connectivity index (χ3v) is 1.99. The van der Waals surface area contributed by atoms with E-state index in [9.17, 15) is 0 Å². The van der Waals surface area contributed by atoms with E-state index in [2.05, 4.69) is 22.4 Å². The first-order chi connectivity index (χ1) is 7.80. The van der Waals surface area contributed by atoms with E-state index in [0.717, 1.165) is 0 Å². The Morgan fingerprint density at radius 1 is 1.12 bits per heavy atom. The van der Waals surface area contributed by atoms with Crippen LogP contribution in [0.25, 0.3) is 0 Å². The molecular formula is C11H13NO3S. The smallest absolute Gasteiger partial charge is 0.126 e. The van der Waals surface area contributed by atoms with Gasteiger partial charge in [-0.3, -0.25) is 0 Å². The Hall–Kier alpha value is -1.58. The van der Waals surface area contributed by atoms with Crippen LogP contribution in [-0.2, 0) is 0 Å². The number of benzene rings is 1. The minimum atomic E-state index is 0.444. The summed E-state index contributed by atoms with van der Waals surface area (Å²) in [4.78, 5) is 3.75. The lowest BCUT2D eigenvalue weighted by molar-refractivity contribution is 0.321. The zero-order chi connectivity index (χ0) is 11.8. The fourth-order valence-electron chi connectivity index (χ4n) is 1.12. The van der Waals surface area contributed by atoms with Crippen molar-refractivity contribution >= 4 is 17.4 Å². The molecule has 0 saturated heterocycles. The first kappa shape index (κ1) is 12.5. The average molecular weight is 239 g/mol. The fourth-order valence-corrected chi connectivity index (χ4v) is 1.21. The van der Waals surface area contributed by atoms with Crippen LogP contribution in [0.2, 0.25) is 0 Å². The Labute approximate surface area is 99.9 Å². The molecule has 0 atom stereocenters. The summed E-state index contributed by atoms with van der Waals surface area (Å²) in [5.41, 5.74) is 0. The predicted octanol–water partition coefficient (Wildman–Crippen LogP) is 2.19. The number of nitrogens with zero attached hydrogens (tertiary/aromatic N) is 1. The van der Waals surface area contributed by atoms with E-state index < -0.39 is 0 Å². The van der Waals surface area contributed by atoms with E-state index in [4.69, 9.17) is 14.2 Å². The summed E-state index contributed by atoms with van der Waals surface area (Å²) in [5, 5.41) is 2.28. The number of hydrogen-bond acceptors (Lipinski definition) is 5. The van der Waals surface area contributed by atoms with E-state index >= 15 is 0 Å². The van der Waals surface area contributed by atoms with Gasteiger partial charge in [-0.15, -0.1) is 0 Å². The molecule has 0 radical (unpaired) electrons. The quantitative estimate of drug-likeness (QED) is 0.433. The summed E-state index contributed by atoms with van der Waals surface area (Å²) in [6.07, 6.45) is 0. The van der Waals surface area contributed by atoms with Gasteiger partial charge in [0, 0.05) is 18.2 Å². The Balaban J connectivity index is 2.67. The Morgan fingerprint density at radius 2 is 1.69 bits per heavy atom. The van der Waals surface area contributed by atoms with Crippen LogP contribution >= 0.6 is 12.2 Å². The number of ether oxygens (including phenoxy) is 3. The molecule has 0 bridgehead atoms. The second-order valence-electron chi connectivity index (χ2n) is 2.87. The van der Waals surface area contributed by atoms with E-state index in [1.807, 2.05) is 0 Å². The Morgan fingerprint density at radius 3 is 2.19 bits per heavy atom. The van der Waals surface area contributed by atoms with Crippen molar-refractivity contribution in [1.29, 1.82) is 0 Å². The molecule has 0 aliphatic carbocycles. The van der Waals surface area contributed by atoms with Gasteiger partial charge in [0.2, 0.25) is 0 Å². The van der Waals surface area contributed by atoms with Crippen LogP contribution in [0.15, 0.2) is 23.2 Å². The van der Waals surface area contributed by atoms with Crippen molar-refractivity contribution in [3.05, 3.63) is 18.2 Å². The topological polar surface area (TPSA) is 40.0 Å². The first-order valence-electron chi connectivity index (χ1n) is 4.69. The van der Waals surface area contributed by atoms with Crippen LogP contribution in [0.4, 0.5) is 0 Å². The highest BCUT2D eigenvalue weighted by Crippen LogP contribution is 2.27. The molecule has 0 aromatic heterocycles. The molecule has 0 amide bonds. The maximum atomic E-state index is 5.45. The number of thiocarbonyl (C=S) groups is 1. The standard InChI is InChI=1S/C11H13NO3S/c1-13-9-5-10(14-2)7-11(6-9)15-4-3-12-8-16/h5-7H,3-4H2,1-2H3. The highest BCUT2D eigenvalue weighted by atomic mass is 32.1. The Kier molecular flexibility index (Phi) is 5.32. The van der Waals surface area contributed by atoms with E-state index in [1.165, 1.54) is 0 Å². The minimum absolute atomic E-state index is 0.444. The molecule has 0 aliphatic rings. The molecule has 16 heavy (non-hydrogen) atoms. The van der Waals surface area contributed by atoms with Crippen molar-refractivity contribution in [3.63, 3.8) is 0 Å². The molecule has 0 N–H and O–H groups in total. The zero-order valence-corrected chi connectivity index (χ0v) is 10.0. The number of methoxy groups -OCH3 is 2. The van der Waals surface area contributed by atoms with Crippen molar-refractivity contribution in [2.45, 2.75) is 0 Å². The lowest BCUT2D eigenvalue weighted by Crippen LogP contribution is -2.01. The van der Waals surface area contributed by atoms with Crippen LogP contribution in [-0.4, -0.2) is 32.5 Å². The summed E-state index contributed by atoms with van der Waals surface area (Å²) in [5.74, 6) is 2.05. The summed E-state index contributed by atoms with van der Waals surface area (Å²) < 4.78 is 15.7. The van der Waals surface area contributed by atoms with E-state index in [0.29, 0.717) is 30.4 Å². The van der Waals surface area contributed by atoms with Gasteiger partial charge in [0.1, 0.15) is 23.9 Å². The number of rotatable bonds is 6. The molecular weight excluding hydrogens is 226 g/mol. The van der Waals surface area contributed by atoms with Crippen molar-refractivity contribution in [3.8, 4) is 17.2 Å². The number of hydrogen-bond donors (Lipinski definition) is 0. The van der Waals surface area contributed by atoms with Gasteiger partial charge < -0.3 is 14.2 Å². The zero-order valence-electron chi connectivity index (χ0n) is 9.23. The molecule has 0 aliphatic heterocycles. The SMILES string of the molecule is COc1cc(OC)cc(OCCN=C=S)c1. The van der Waals surface area contributed by atoms with Gasteiger partial charge >= 0.3 is 0 Å². The van der Waals surface area contributed by atoms with Crippen molar-refractivity contribution in [2.75, 3.05) is 27.4 Å². The Bertz CT molecular complexity index is 367. The van der Waals surface area contributed by atoms with E-state index in [-0.39, 0.29) is 0 Å². The largest absolute Gasteiger partial charge is 0.496 e. The van der Waals surface area contributed by atoms with Gasteiger partial charge in [0.15, 0.2) is 0 Å². The van der Waals surface area contributed by atoms with Crippen LogP contribution < -0.4 is 14.2 Å². The van der Waals surface area contributed by atoms with Gasteiger partial charge in [-0.1, -0.05) is 0 Å². The second-order valence-corrected chi connectivity index (χ2v) is 3.05. The molecule has 0 fully saturated rings. The van der Waals surface area contributed by atoms with Crippen LogP contribution in [0, 0.1) is 0 Å². The summed E-state index contributed by atoms with van der Waals surface area (Å²) >= 11 is 4.45. The second kappa shape index (κ2) is 6.82. The molecule has 4 nitrogen and oxygen atoms in total. The van der Waals surface area contributed by atoms with Gasteiger partial charge in [-0.2, -0.15) is 0 Å². The highest BCUT2D eigenvalue weighted by Gasteiger charge is 2.02. The minimum Gasteiger partial charge on any atom is -0.496 e. The van der Waals surface area contributed by atoms with Gasteiger partial charge in [-0.25, -0.2) is 4.99 Å². The van der Waals surface area contributed by atoms with Crippen LogP contribution in [0.1, 0.15) is 0 Å². The first-order valence-corrected chi connectivity index (χ1v) is 5.10. The van der Waals surface area contributed by atoms with Crippen molar-refractivity contribution in [1.82, 2.24) is 0 Å². The molecule has 0 saturated carbocycles. The lowest BCUT2D eigenvalue weighted by Gasteiger charge is -2.09.